The molecule has 0 saturated carbocycles. The zero-order chi connectivity index (χ0) is 82.6. The Morgan fingerprint density at radius 2 is 1.05 bits per heavy atom. The van der Waals surface area contributed by atoms with Crippen molar-refractivity contribution < 1.29 is 130 Å². The number of carboxylic acid groups (broad SMARTS) is 3. The number of alkyl halides is 3. The molecule has 111 heavy (non-hydrogen) atoms. The van der Waals surface area contributed by atoms with E-state index in [9.17, 15) is 111 Å². The van der Waals surface area contributed by atoms with Gasteiger partial charge in [-0.1, -0.05) is 89.0 Å². The molecule has 21 N–H and O–H groups in total. The monoisotopic (exact) mass is 1680 g/mol. The molecule has 610 valence electrons. The fourth-order valence-corrected chi connectivity index (χ4v) is 17.4. The molecule has 6 rings (SSSR count). The van der Waals surface area contributed by atoms with Gasteiger partial charge < -0.3 is 110 Å². The number of nitrogens with zero attached hydrogens (tertiary/aromatic N) is 1. The predicted molar refractivity (Wildman–Crippen MR) is 394 cm³/mol. The summed E-state index contributed by atoms with van der Waals surface area (Å²) in [6, 6.07) is -12.2. The maximum absolute atomic E-state index is 15.2. The van der Waals surface area contributed by atoms with E-state index >= 15 is 9.59 Å². The van der Waals surface area contributed by atoms with Crippen LogP contribution in [0, 0.1) is 0 Å². The number of aliphatic hydroxyl groups excluding tert-OH is 1. The number of fused-ring (bicyclic) bond motifs is 20. The van der Waals surface area contributed by atoms with Gasteiger partial charge in [0.05, 0.1) is 19.1 Å². The highest BCUT2D eigenvalue weighted by Gasteiger charge is 2.43. The van der Waals surface area contributed by atoms with Crippen LogP contribution in [0.1, 0.15) is 64.0 Å². The number of aliphatic hydroxyl groups is 1. The highest BCUT2D eigenvalue weighted by atomic mass is 33.1. The average Bonchev–Trinajstić information content (AvgIpc) is 1.73. The highest BCUT2D eigenvalue weighted by molar-refractivity contribution is 8.77. The lowest BCUT2D eigenvalue weighted by molar-refractivity contribution is -0.192. The number of aliphatic carboxylic acids is 3. The van der Waals surface area contributed by atoms with Gasteiger partial charge in [0.1, 0.15) is 90.0 Å². The first-order chi connectivity index (χ1) is 52.2. The van der Waals surface area contributed by atoms with E-state index in [2.05, 4.69) is 69.1 Å². The molecule has 0 aliphatic carbocycles. The van der Waals surface area contributed by atoms with Gasteiger partial charge in [0.25, 0.3) is 0 Å². The molecule has 48 heteroatoms. The Balaban J connectivity index is 0.00000300. The Hall–Kier alpha value is -9.65. The first-order valence-corrected chi connectivity index (χ1v) is 40.9. The van der Waals surface area contributed by atoms with E-state index in [-0.39, 0.29) is 48.6 Å². The number of amides is 15. The van der Waals surface area contributed by atoms with Crippen molar-refractivity contribution in [3.63, 3.8) is 0 Å². The van der Waals surface area contributed by atoms with Gasteiger partial charge in [0, 0.05) is 67.2 Å². The lowest BCUT2D eigenvalue weighted by Gasteiger charge is -2.30. The van der Waals surface area contributed by atoms with Crippen molar-refractivity contribution in [3.8, 4) is 11.5 Å². The molecule has 0 aromatic heterocycles. The number of benzene rings is 2. The number of carbonyl (C=O) groups is 18. The Bertz CT molecular complexity index is 3770. The van der Waals surface area contributed by atoms with Crippen LogP contribution in [0.2, 0.25) is 0 Å². The fraction of sp³-hybridized carbons (Fsp3) is 0.524. The second kappa shape index (κ2) is 44.4. The SMILES string of the molecule is CC(=O)N[C@H]1CSSC[C@@H]2NC(=O)[C@@H]3CSSC[C@@H](C(=O)N[C@@H](Cc4ccc(O)cc4)C(=O)O)NC(=O)CNC(=O)[C@H]([C@H](C)O)NC(=O)[C@H](CSSC[C@H](NC1=O)C(=O)N[C@@H](CCC(=O)O)C(=O)N[C@@H](Cc1ccc(O)cc1)C(=O)N3)NC(=O)[C@H](C)NC(=O)[C@@H]1CCCN1C(=O)[C@H](CC(N)=O)NC2=O.O=C(O)C(F)(F)F. The minimum atomic E-state index is -5.08. The van der Waals surface area contributed by atoms with Crippen LogP contribution in [0.4, 0.5) is 13.2 Å². The molecule has 4 fully saturated rings. The second-order valence-corrected chi connectivity index (χ2v) is 32.6. The minimum Gasteiger partial charge on any atom is -0.508 e. The van der Waals surface area contributed by atoms with E-state index in [0.717, 1.165) is 72.7 Å². The molecular weight excluding hydrogens is 1600 g/mol. The van der Waals surface area contributed by atoms with E-state index in [1.165, 1.54) is 55.5 Å². The molecule has 39 nitrogen and oxygen atoms in total. The van der Waals surface area contributed by atoms with Gasteiger partial charge >= 0.3 is 24.1 Å². The van der Waals surface area contributed by atoms with Crippen molar-refractivity contribution in [2.45, 2.75) is 157 Å². The van der Waals surface area contributed by atoms with Crippen LogP contribution >= 0.6 is 64.8 Å². The average molecular weight is 1680 g/mol. The van der Waals surface area contributed by atoms with Crippen molar-refractivity contribution in [1.82, 2.24) is 74.0 Å². The molecule has 2 aromatic rings. The fourth-order valence-electron chi connectivity index (χ4n) is 10.4. The summed E-state index contributed by atoms with van der Waals surface area (Å²) in [6.45, 7) is 2.19. The zero-order valence-corrected chi connectivity index (χ0v) is 63.8. The maximum Gasteiger partial charge on any atom is 0.490 e. The van der Waals surface area contributed by atoms with Crippen LogP contribution in [-0.2, 0) is 99.1 Å². The summed E-state index contributed by atoms with van der Waals surface area (Å²) in [5.41, 5.74) is 6.24. The molecule has 2 aromatic carbocycles. The lowest BCUT2D eigenvalue weighted by atomic mass is 10.0. The second-order valence-electron chi connectivity index (χ2n) is 24.9. The molecule has 14 atom stereocenters. The van der Waals surface area contributed by atoms with Crippen molar-refractivity contribution in [2.75, 3.05) is 47.6 Å². The molecule has 4 saturated heterocycles. The number of carboxylic acids is 3. The van der Waals surface area contributed by atoms with E-state index in [1.54, 1.807) is 0 Å². The van der Waals surface area contributed by atoms with Gasteiger partial charge in [0.15, 0.2) is 0 Å². The van der Waals surface area contributed by atoms with Gasteiger partial charge in [-0.25, -0.2) is 9.59 Å². The number of phenolic OH excluding ortho intramolecular Hbond substituents is 2. The normalized spacial score (nSPS) is 25.8. The number of hydrogen-bond acceptors (Lipinski definition) is 27. The van der Waals surface area contributed by atoms with Crippen LogP contribution in [-0.4, -0.2) is 280 Å². The third kappa shape index (κ3) is 30.9. The molecule has 4 aliphatic heterocycles. The molecule has 4 aliphatic rings. The number of carbonyl (C=O) groups excluding carboxylic acids is 15. The van der Waals surface area contributed by atoms with E-state index in [4.69, 9.17) is 15.6 Å². The topological polar surface area (TPSA) is 614 Å². The first-order valence-electron chi connectivity index (χ1n) is 33.4. The van der Waals surface area contributed by atoms with Crippen molar-refractivity contribution in [2.24, 2.45) is 5.73 Å². The number of aromatic hydroxyl groups is 2. The van der Waals surface area contributed by atoms with Crippen LogP contribution in [0.25, 0.3) is 0 Å². The number of phenols is 2. The zero-order valence-electron chi connectivity index (χ0n) is 58.9. The Kier molecular flexibility index (Phi) is 36.8. The number of primary amides is 1. The summed E-state index contributed by atoms with van der Waals surface area (Å²) < 4.78 is 31.7. The molecule has 4 bridgehead atoms. The largest absolute Gasteiger partial charge is 0.508 e. The minimum absolute atomic E-state index is 0.0259. The lowest BCUT2D eigenvalue weighted by Crippen LogP contribution is -2.62. The number of hydrogen-bond donors (Lipinski definition) is 20. The van der Waals surface area contributed by atoms with E-state index < -0.39 is 258 Å². The van der Waals surface area contributed by atoms with Crippen molar-refractivity contribution >= 4 is 171 Å². The quantitative estimate of drug-likeness (QED) is 0.0621. The van der Waals surface area contributed by atoms with Crippen LogP contribution < -0.4 is 74.9 Å². The first kappa shape index (κ1) is 92.0. The third-order valence-corrected chi connectivity index (χ3v) is 23.4. The van der Waals surface area contributed by atoms with E-state index in [1.807, 2.05) is 0 Å². The summed E-state index contributed by atoms with van der Waals surface area (Å²) in [5.74, 6) is -25.9. The highest BCUT2D eigenvalue weighted by Crippen LogP contribution is 2.28. The van der Waals surface area contributed by atoms with Crippen molar-refractivity contribution in [3.05, 3.63) is 59.7 Å². The molecule has 4 heterocycles. The number of halogens is 3. The van der Waals surface area contributed by atoms with Gasteiger partial charge in [-0.15, -0.1) is 0 Å². The number of rotatable bonds is 14. The molecule has 0 spiro atoms. The van der Waals surface area contributed by atoms with Gasteiger partial charge in [-0.2, -0.15) is 13.2 Å². The predicted octanol–water partition coefficient (Wildman–Crippen LogP) is -5.13. The maximum atomic E-state index is 15.2. The summed E-state index contributed by atoms with van der Waals surface area (Å²) in [5, 5.41) is 90.1. The molecule has 15 amide bonds. The summed E-state index contributed by atoms with van der Waals surface area (Å²) in [6.07, 6.45) is -9.96. The summed E-state index contributed by atoms with van der Waals surface area (Å²) in [4.78, 5) is 250. The molecular formula is C63H82F3N15O24S6. The van der Waals surface area contributed by atoms with Gasteiger partial charge in [-0.05, 0) is 68.5 Å². The Morgan fingerprint density at radius 3 is 1.57 bits per heavy atom. The smallest absolute Gasteiger partial charge is 0.490 e. The Morgan fingerprint density at radius 1 is 0.586 bits per heavy atom. The number of nitrogens with one attached hydrogen (secondary N) is 13. The summed E-state index contributed by atoms with van der Waals surface area (Å²) >= 11 is 0. The summed E-state index contributed by atoms with van der Waals surface area (Å²) in [7, 11) is 4.56. The van der Waals surface area contributed by atoms with Gasteiger partial charge in [-0.3, -0.25) is 76.7 Å². The Labute approximate surface area is 652 Å². The van der Waals surface area contributed by atoms with Gasteiger partial charge in [0.2, 0.25) is 88.6 Å². The standard InChI is InChI=1S/C61H81N15O22S6.C2HF3O2/c1-27-49(85)71-43-26-104-103-23-40-54(90)67-34(14-15-47(83)84)50(86)68-35(17-30-6-10-32(79)11-7-30)51(87)72-42(25-102-100-22-39(66-46(82)20-63-59(95)48(28(2)77)75-57(43)93)53(89)70-37(61(97)98)18-31-8-12-33(80)13-9-31)56(92)74-41(24-101-99-21-38(52(88)73-40)65-29(3)78)55(91)69-36(19-45(62)81)60(96)76-16-4-5-44(76)58(94)64-27;3-2(4,5)1(6)7/h6-13,27-28,34-44,48,77,79-80H,4-5,14-26H2,1-3H3,(H2,62,81)(H,63,95)(H,64,94)(H,65,78)(H,66,82)(H,67,90)(H,68,86)(H,69,91)(H,70,89)(H,71,85)(H,72,87)(H,73,88)(H,74,92)(H,75,93)(H,83,84)(H,97,98);(H,6,7)/t27-,28-,34-,35-,36-,37-,38-,39-,40-,41-,42-,43-,44-,48-;/m0./s1. The van der Waals surface area contributed by atoms with Crippen LogP contribution in [0.3, 0.4) is 0 Å². The third-order valence-electron chi connectivity index (χ3n) is 16.2. The van der Waals surface area contributed by atoms with Crippen molar-refractivity contribution in [1.29, 1.82) is 0 Å². The van der Waals surface area contributed by atoms with Crippen LogP contribution in [0.15, 0.2) is 48.5 Å². The number of nitrogens with two attached hydrogens (primary N) is 1. The molecule has 0 radical (unpaired) electrons. The van der Waals surface area contributed by atoms with E-state index in [0.29, 0.717) is 16.4 Å². The van der Waals surface area contributed by atoms with Crippen LogP contribution in [0.5, 0.6) is 11.5 Å². The molecule has 0 unspecified atom stereocenters.